The maximum Gasteiger partial charge on any atom is 0.397 e. The molecule has 1 atom stereocenters. The predicted molar refractivity (Wildman–Crippen MR) is 82.6 cm³/mol. The van der Waals surface area contributed by atoms with Crippen LogP contribution in [-0.2, 0) is 27.8 Å². The molecule has 9 heteroatoms. The fourth-order valence-electron chi connectivity index (χ4n) is 1.82. The Hall–Kier alpha value is -1.15. The summed E-state index contributed by atoms with van der Waals surface area (Å²) in [5.74, 6) is -0.0415. The fraction of sp³-hybridized carbons (Fsp3) is 0.154. The molecule has 0 fully saturated rings. The lowest BCUT2D eigenvalue weighted by Crippen LogP contribution is -1.96. The van der Waals surface area contributed by atoms with Crippen LogP contribution in [0.1, 0.15) is 25.7 Å². The third-order valence-corrected chi connectivity index (χ3v) is 5.40. The molecular weight excluding hydrogens is 347 g/mol. The van der Waals surface area contributed by atoms with Crippen LogP contribution in [0.25, 0.3) is 0 Å². The number of carbonyl (C=O) groups excluding carboxylic acids is 1. The van der Waals surface area contributed by atoms with Crippen LogP contribution in [0.2, 0.25) is 0 Å². The molecule has 2 rings (SSSR count). The molecule has 118 valence electrons. The highest BCUT2D eigenvalue weighted by atomic mass is 32.2. The van der Waals surface area contributed by atoms with Crippen molar-refractivity contribution in [3.8, 4) is 0 Å². The van der Waals surface area contributed by atoms with Crippen LogP contribution in [0.5, 0.6) is 0 Å². The van der Waals surface area contributed by atoms with Gasteiger partial charge in [-0.2, -0.15) is 0 Å². The molecule has 0 saturated carbocycles. The van der Waals surface area contributed by atoms with Gasteiger partial charge in [0.2, 0.25) is 0 Å². The second kappa shape index (κ2) is 6.95. The first kappa shape index (κ1) is 17.2. The van der Waals surface area contributed by atoms with Crippen molar-refractivity contribution in [2.45, 2.75) is 12.2 Å². The molecule has 2 aromatic rings. The highest BCUT2D eigenvalue weighted by molar-refractivity contribution is 7.78. The van der Waals surface area contributed by atoms with E-state index in [1.807, 2.05) is 0 Å². The van der Waals surface area contributed by atoms with E-state index in [4.69, 9.17) is 9.79 Å². The molecule has 1 unspecified atom stereocenters. The number of benzene rings is 1. The van der Waals surface area contributed by atoms with Crippen molar-refractivity contribution in [1.29, 1.82) is 0 Å². The summed E-state index contributed by atoms with van der Waals surface area (Å²) in [5, 5.41) is 0. The van der Waals surface area contributed by atoms with E-state index in [1.54, 1.807) is 30.3 Å². The molecule has 0 aliphatic carbocycles. The van der Waals surface area contributed by atoms with Gasteiger partial charge in [-0.3, -0.25) is 13.6 Å². The summed E-state index contributed by atoms with van der Waals surface area (Å²) in [7, 11) is -4.75. The van der Waals surface area contributed by atoms with Gasteiger partial charge in [0.1, 0.15) is 0 Å². The Labute approximate surface area is 133 Å². The van der Waals surface area contributed by atoms with Gasteiger partial charge in [0.05, 0.1) is 4.88 Å². The zero-order chi connectivity index (χ0) is 16.3. The molecule has 0 bridgehead atoms. The Morgan fingerprint density at radius 3 is 2.27 bits per heavy atom. The molecule has 0 spiro atoms. The van der Waals surface area contributed by atoms with Crippen LogP contribution in [0.3, 0.4) is 0 Å². The summed E-state index contributed by atoms with van der Waals surface area (Å²) in [6.07, 6.45) is 0.500. The Balaban J connectivity index is 2.08. The molecular formula is C13H12O6PS2-. The van der Waals surface area contributed by atoms with E-state index in [2.05, 4.69) is 0 Å². The monoisotopic (exact) mass is 359 g/mol. The summed E-state index contributed by atoms with van der Waals surface area (Å²) in [4.78, 5) is 30.0. The molecule has 1 heterocycles. The SMILES string of the molecule is O=C(c1ccc(Cc2ccc(CS(=O)[O-])cc2)s1)P(=O)(O)O. The molecule has 0 radical (unpaired) electrons. The van der Waals surface area contributed by atoms with Gasteiger partial charge in [-0.1, -0.05) is 35.3 Å². The van der Waals surface area contributed by atoms with Gasteiger partial charge in [-0.15, -0.1) is 11.3 Å². The third-order valence-electron chi connectivity index (χ3n) is 2.82. The van der Waals surface area contributed by atoms with E-state index in [0.29, 0.717) is 12.0 Å². The van der Waals surface area contributed by atoms with Crippen LogP contribution in [0.4, 0.5) is 0 Å². The first-order valence-electron chi connectivity index (χ1n) is 6.08. The topological polar surface area (TPSA) is 115 Å². The molecule has 0 aliphatic rings. The molecule has 0 amide bonds. The summed E-state index contributed by atoms with van der Waals surface area (Å²) < 4.78 is 32.1. The van der Waals surface area contributed by atoms with E-state index in [0.717, 1.165) is 21.8 Å². The van der Waals surface area contributed by atoms with Crippen molar-refractivity contribution in [2.24, 2.45) is 0 Å². The quantitative estimate of drug-likeness (QED) is 0.602. The maximum atomic E-state index is 11.5. The second-order valence-corrected chi connectivity index (χ2v) is 8.12. The summed E-state index contributed by atoms with van der Waals surface area (Å²) in [6, 6.07) is 10.0. The molecule has 0 aliphatic heterocycles. The zero-order valence-electron chi connectivity index (χ0n) is 11.2. The Morgan fingerprint density at radius 1 is 1.14 bits per heavy atom. The van der Waals surface area contributed by atoms with Gasteiger partial charge < -0.3 is 14.3 Å². The number of rotatable bonds is 6. The lowest BCUT2D eigenvalue weighted by molar-refractivity contribution is 0.104. The largest absolute Gasteiger partial charge is 0.772 e. The summed E-state index contributed by atoms with van der Waals surface area (Å²) in [5.41, 5.74) is 0.426. The first-order chi connectivity index (χ1) is 10.3. The number of carbonyl (C=O) groups is 1. The molecule has 1 aromatic carbocycles. The standard InChI is InChI=1S/C13H13O6PS2/c14-13(20(15,16)17)12-6-5-11(21-12)7-9-1-3-10(4-2-9)8-22(18)19/h1-6H,7-8H2,(H,18,19)(H2,15,16,17)/p-1. The van der Waals surface area contributed by atoms with Crippen LogP contribution in [-0.4, -0.2) is 24.1 Å². The van der Waals surface area contributed by atoms with Gasteiger partial charge in [0, 0.05) is 17.1 Å². The van der Waals surface area contributed by atoms with Crippen molar-refractivity contribution in [3.05, 3.63) is 57.3 Å². The first-order valence-corrected chi connectivity index (χ1v) is 9.76. The van der Waals surface area contributed by atoms with E-state index in [-0.39, 0.29) is 10.6 Å². The normalized spacial score (nSPS) is 13.0. The third kappa shape index (κ3) is 4.67. The number of hydrogen-bond donors (Lipinski definition) is 2. The highest BCUT2D eigenvalue weighted by Crippen LogP contribution is 2.41. The smallest absolute Gasteiger partial charge is 0.397 e. The average molecular weight is 359 g/mol. The van der Waals surface area contributed by atoms with Crippen molar-refractivity contribution in [2.75, 3.05) is 0 Å². The highest BCUT2D eigenvalue weighted by Gasteiger charge is 2.28. The average Bonchev–Trinajstić information content (AvgIpc) is 2.87. The van der Waals surface area contributed by atoms with Crippen LogP contribution < -0.4 is 0 Å². The van der Waals surface area contributed by atoms with Crippen LogP contribution in [0.15, 0.2) is 36.4 Å². The van der Waals surface area contributed by atoms with Crippen molar-refractivity contribution >= 4 is 35.5 Å². The van der Waals surface area contributed by atoms with Crippen molar-refractivity contribution in [3.63, 3.8) is 0 Å². The predicted octanol–water partition coefficient (Wildman–Crippen LogP) is 2.04. The molecule has 0 saturated heterocycles. The number of hydrogen-bond acceptors (Lipinski definition) is 5. The maximum absolute atomic E-state index is 11.5. The van der Waals surface area contributed by atoms with Gasteiger partial charge in [0.15, 0.2) is 0 Å². The molecule has 22 heavy (non-hydrogen) atoms. The van der Waals surface area contributed by atoms with E-state index < -0.39 is 24.2 Å². The van der Waals surface area contributed by atoms with E-state index in [1.165, 1.54) is 6.07 Å². The molecule has 1 aromatic heterocycles. The Kier molecular flexibility index (Phi) is 5.44. The lowest BCUT2D eigenvalue weighted by atomic mass is 10.1. The molecule has 6 nitrogen and oxygen atoms in total. The lowest BCUT2D eigenvalue weighted by Gasteiger charge is -2.06. The molecule has 2 N–H and O–H groups in total. The van der Waals surface area contributed by atoms with E-state index in [9.17, 15) is 18.1 Å². The number of thiophene rings is 1. The zero-order valence-corrected chi connectivity index (χ0v) is 13.7. The van der Waals surface area contributed by atoms with Crippen molar-refractivity contribution in [1.82, 2.24) is 0 Å². The van der Waals surface area contributed by atoms with Gasteiger partial charge >= 0.3 is 7.60 Å². The van der Waals surface area contributed by atoms with Gasteiger partial charge in [-0.25, -0.2) is 0 Å². The summed E-state index contributed by atoms with van der Waals surface area (Å²) >= 11 is -1.09. The minimum Gasteiger partial charge on any atom is -0.772 e. The van der Waals surface area contributed by atoms with E-state index >= 15 is 0 Å². The second-order valence-electron chi connectivity index (χ2n) is 4.56. The van der Waals surface area contributed by atoms with Crippen molar-refractivity contribution < 1.29 is 27.9 Å². The minimum atomic E-state index is -4.75. The van der Waals surface area contributed by atoms with Crippen LogP contribution in [0, 0.1) is 0 Å². The fourth-order valence-corrected chi connectivity index (χ4v) is 4.02. The minimum absolute atomic E-state index is 0.0294. The van der Waals surface area contributed by atoms with Gasteiger partial charge in [0.25, 0.3) is 5.52 Å². The summed E-state index contributed by atoms with van der Waals surface area (Å²) in [6.45, 7) is 0. The van der Waals surface area contributed by atoms with Gasteiger partial charge in [-0.05, 0) is 23.3 Å². The van der Waals surface area contributed by atoms with Crippen LogP contribution >= 0.6 is 18.9 Å². The Bertz CT molecular complexity index is 746. The Morgan fingerprint density at radius 2 is 1.73 bits per heavy atom.